The van der Waals surface area contributed by atoms with E-state index in [-0.39, 0.29) is 24.3 Å². The number of likely N-dealkylation sites (tertiary alicyclic amines) is 1. The number of amides is 2. The molecule has 5 heteroatoms. The molecule has 1 saturated heterocycles. The summed E-state index contributed by atoms with van der Waals surface area (Å²) in [4.78, 5) is 24.7. The summed E-state index contributed by atoms with van der Waals surface area (Å²) >= 11 is 5.81. The minimum absolute atomic E-state index is 0.0866. The lowest BCUT2D eigenvalue weighted by molar-refractivity contribution is -0.138. The lowest BCUT2D eigenvalue weighted by atomic mass is 10.1. The van der Waals surface area contributed by atoms with E-state index in [1.807, 2.05) is 31.2 Å². The first-order valence-corrected chi connectivity index (χ1v) is 6.81. The van der Waals surface area contributed by atoms with E-state index in [1.54, 1.807) is 0 Å². The highest BCUT2D eigenvalue weighted by atomic mass is 35.5. The SMILES string of the molecule is CCN1C(=O)CC(NCCc2ccc(Cl)cc2)C1=O. The zero-order chi connectivity index (χ0) is 13.8. The smallest absolute Gasteiger partial charge is 0.246 e. The Morgan fingerprint density at radius 3 is 2.58 bits per heavy atom. The van der Waals surface area contributed by atoms with Crippen LogP contribution in [0.4, 0.5) is 0 Å². The number of nitrogens with zero attached hydrogens (tertiary/aromatic N) is 1. The fourth-order valence-electron chi connectivity index (χ4n) is 2.22. The monoisotopic (exact) mass is 280 g/mol. The summed E-state index contributed by atoms with van der Waals surface area (Å²) in [5.74, 6) is -0.194. The molecule has 1 aromatic rings. The number of benzene rings is 1. The molecule has 0 aliphatic carbocycles. The van der Waals surface area contributed by atoms with Crippen molar-refractivity contribution in [2.24, 2.45) is 0 Å². The van der Waals surface area contributed by atoms with Crippen LogP contribution in [0.25, 0.3) is 0 Å². The van der Waals surface area contributed by atoms with Crippen LogP contribution in [-0.2, 0) is 16.0 Å². The van der Waals surface area contributed by atoms with Crippen molar-refractivity contribution in [2.75, 3.05) is 13.1 Å². The third-order valence-electron chi connectivity index (χ3n) is 3.28. The van der Waals surface area contributed by atoms with Gasteiger partial charge in [0.05, 0.1) is 12.5 Å². The third kappa shape index (κ3) is 3.33. The number of likely N-dealkylation sites (N-methyl/N-ethyl adjacent to an activating group) is 1. The van der Waals surface area contributed by atoms with Gasteiger partial charge in [0, 0.05) is 11.6 Å². The molecule has 0 radical (unpaired) electrons. The second-order valence-electron chi connectivity index (χ2n) is 4.56. The molecule has 1 atom stereocenters. The Morgan fingerprint density at radius 2 is 2.00 bits per heavy atom. The van der Waals surface area contributed by atoms with Crippen LogP contribution in [0, 0.1) is 0 Å². The Bertz CT molecular complexity index is 473. The lowest BCUT2D eigenvalue weighted by Crippen LogP contribution is -2.39. The normalized spacial score (nSPS) is 19.3. The van der Waals surface area contributed by atoms with Crippen molar-refractivity contribution in [3.8, 4) is 0 Å². The molecule has 0 saturated carbocycles. The Labute approximate surface area is 117 Å². The van der Waals surface area contributed by atoms with Crippen LogP contribution >= 0.6 is 11.6 Å². The van der Waals surface area contributed by atoms with Gasteiger partial charge >= 0.3 is 0 Å². The van der Waals surface area contributed by atoms with Gasteiger partial charge in [-0.3, -0.25) is 14.5 Å². The number of carbonyl (C=O) groups is 2. The standard InChI is InChI=1S/C14H17ClN2O2/c1-2-17-13(18)9-12(14(17)19)16-8-7-10-3-5-11(15)6-4-10/h3-6,12,16H,2,7-9H2,1H3. The van der Waals surface area contributed by atoms with Crippen molar-refractivity contribution in [3.63, 3.8) is 0 Å². The average Bonchev–Trinajstić information content (AvgIpc) is 2.66. The molecule has 0 bridgehead atoms. The molecule has 1 N–H and O–H groups in total. The van der Waals surface area contributed by atoms with Gasteiger partial charge in [0.25, 0.3) is 0 Å². The first kappa shape index (κ1) is 14.0. The quantitative estimate of drug-likeness (QED) is 0.834. The van der Waals surface area contributed by atoms with Gasteiger partial charge < -0.3 is 5.32 Å². The van der Waals surface area contributed by atoms with Crippen LogP contribution < -0.4 is 5.32 Å². The molecule has 1 unspecified atom stereocenters. The average molecular weight is 281 g/mol. The van der Waals surface area contributed by atoms with E-state index in [1.165, 1.54) is 4.90 Å². The van der Waals surface area contributed by atoms with Crippen LogP contribution in [0.1, 0.15) is 18.9 Å². The number of nitrogens with one attached hydrogen (secondary N) is 1. The predicted molar refractivity (Wildman–Crippen MR) is 74.0 cm³/mol. The Balaban J connectivity index is 1.82. The molecule has 2 rings (SSSR count). The molecule has 4 nitrogen and oxygen atoms in total. The van der Waals surface area contributed by atoms with Crippen molar-refractivity contribution < 1.29 is 9.59 Å². The van der Waals surface area contributed by atoms with Crippen LogP contribution in [0.3, 0.4) is 0 Å². The molecule has 1 aromatic carbocycles. The van der Waals surface area contributed by atoms with Crippen molar-refractivity contribution in [2.45, 2.75) is 25.8 Å². The Hall–Kier alpha value is -1.39. The van der Waals surface area contributed by atoms with E-state index in [0.717, 1.165) is 12.0 Å². The van der Waals surface area contributed by atoms with E-state index < -0.39 is 0 Å². The van der Waals surface area contributed by atoms with Crippen molar-refractivity contribution >= 4 is 23.4 Å². The molecule has 2 amide bonds. The summed E-state index contributed by atoms with van der Waals surface area (Å²) in [6.45, 7) is 2.93. The van der Waals surface area contributed by atoms with Gasteiger partial charge in [0.1, 0.15) is 0 Å². The highest BCUT2D eigenvalue weighted by molar-refractivity contribution is 6.30. The first-order chi connectivity index (χ1) is 9.11. The fourth-order valence-corrected chi connectivity index (χ4v) is 2.34. The minimum atomic E-state index is -0.361. The summed E-state index contributed by atoms with van der Waals surface area (Å²) in [7, 11) is 0. The van der Waals surface area contributed by atoms with Gasteiger partial charge in [-0.05, 0) is 37.6 Å². The highest BCUT2D eigenvalue weighted by Crippen LogP contribution is 2.13. The number of imide groups is 1. The van der Waals surface area contributed by atoms with Gasteiger partial charge in [0.2, 0.25) is 11.8 Å². The Kier molecular flexibility index (Phi) is 4.56. The van der Waals surface area contributed by atoms with Gasteiger partial charge in [-0.15, -0.1) is 0 Å². The summed E-state index contributed by atoms with van der Waals surface area (Å²) in [5, 5.41) is 3.86. The molecule has 19 heavy (non-hydrogen) atoms. The predicted octanol–water partition coefficient (Wildman–Crippen LogP) is 1.62. The molecular weight excluding hydrogens is 264 g/mol. The molecule has 102 valence electrons. The van der Waals surface area contributed by atoms with E-state index in [2.05, 4.69) is 5.32 Å². The maximum absolute atomic E-state index is 11.9. The number of rotatable bonds is 5. The highest BCUT2D eigenvalue weighted by Gasteiger charge is 2.36. The molecule has 1 aliphatic rings. The van der Waals surface area contributed by atoms with Crippen molar-refractivity contribution in [1.82, 2.24) is 10.2 Å². The van der Waals surface area contributed by atoms with E-state index in [0.29, 0.717) is 18.1 Å². The number of hydrogen-bond donors (Lipinski definition) is 1. The van der Waals surface area contributed by atoms with Crippen LogP contribution in [0.2, 0.25) is 5.02 Å². The largest absolute Gasteiger partial charge is 0.305 e. The molecule has 1 aliphatic heterocycles. The van der Waals surface area contributed by atoms with Gasteiger partial charge in [-0.2, -0.15) is 0 Å². The zero-order valence-electron chi connectivity index (χ0n) is 10.9. The van der Waals surface area contributed by atoms with E-state index in [9.17, 15) is 9.59 Å². The lowest BCUT2D eigenvalue weighted by Gasteiger charge is -2.13. The molecule has 1 fully saturated rings. The van der Waals surface area contributed by atoms with Gasteiger partial charge in [-0.25, -0.2) is 0 Å². The zero-order valence-corrected chi connectivity index (χ0v) is 11.6. The van der Waals surface area contributed by atoms with Crippen molar-refractivity contribution in [1.29, 1.82) is 0 Å². The summed E-state index contributed by atoms with van der Waals surface area (Å²) in [6.07, 6.45) is 1.08. The van der Waals surface area contributed by atoms with Crippen LogP contribution in [-0.4, -0.2) is 35.8 Å². The number of halogens is 1. The number of hydrogen-bond acceptors (Lipinski definition) is 3. The molecule has 0 spiro atoms. The first-order valence-electron chi connectivity index (χ1n) is 6.44. The van der Waals surface area contributed by atoms with Crippen LogP contribution in [0.15, 0.2) is 24.3 Å². The molecular formula is C14H17ClN2O2. The van der Waals surface area contributed by atoms with E-state index in [4.69, 9.17) is 11.6 Å². The van der Waals surface area contributed by atoms with Crippen LogP contribution in [0.5, 0.6) is 0 Å². The summed E-state index contributed by atoms with van der Waals surface area (Å²) in [6, 6.07) is 7.26. The molecule has 1 heterocycles. The van der Waals surface area contributed by atoms with Gasteiger partial charge in [0.15, 0.2) is 0 Å². The van der Waals surface area contributed by atoms with E-state index >= 15 is 0 Å². The van der Waals surface area contributed by atoms with Gasteiger partial charge in [-0.1, -0.05) is 23.7 Å². The third-order valence-corrected chi connectivity index (χ3v) is 3.53. The maximum atomic E-state index is 11.9. The second-order valence-corrected chi connectivity index (χ2v) is 5.00. The topological polar surface area (TPSA) is 49.4 Å². The minimum Gasteiger partial charge on any atom is -0.305 e. The summed E-state index contributed by atoms with van der Waals surface area (Å²) in [5.41, 5.74) is 1.15. The van der Waals surface area contributed by atoms with Crippen molar-refractivity contribution in [3.05, 3.63) is 34.9 Å². The maximum Gasteiger partial charge on any atom is 0.246 e. The number of carbonyl (C=O) groups excluding carboxylic acids is 2. The second kappa shape index (κ2) is 6.17. The molecule has 0 aromatic heterocycles. The summed E-state index contributed by atoms with van der Waals surface area (Å²) < 4.78 is 0. The Morgan fingerprint density at radius 1 is 1.32 bits per heavy atom. The fraction of sp³-hybridized carbons (Fsp3) is 0.429.